The van der Waals surface area contributed by atoms with E-state index < -0.39 is 10.0 Å². The first-order valence-corrected chi connectivity index (χ1v) is 8.12. The molecule has 6 heteroatoms. The molecule has 0 fully saturated rings. The summed E-state index contributed by atoms with van der Waals surface area (Å²) in [5.41, 5.74) is 6.82. The first kappa shape index (κ1) is 15.5. The van der Waals surface area contributed by atoms with E-state index in [0.717, 1.165) is 0 Å². The molecule has 0 atom stereocenters. The Hall–Kier alpha value is -1.92. The standard InChI is InChI=1S/C15H19N3O2S/c1-12(2)18(11-14-7-3-4-9-17-14)21(19,20)15-8-5-6-13(16)10-15/h3-10,12H,11,16H2,1-2H3. The van der Waals surface area contributed by atoms with Gasteiger partial charge in [-0.15, -0.1) is 0 Å². The topological polar surface area (TPSA) is 76.3 Å². The fraction of sp³-hybridized carbons (Fsp3) is 0.267. The van der Waals surface area contributed by atoms with Crippen LogP contribution in [-0.4, -0.2) is 23.7 Å². The van der Waals surface area contributed by atoms with Crippen LogP contribution in [0, 0.1) is 0 Å². The molecule has 2 N–H and O–H groups in total. The van der Waals surface area contributed by atoms with Gasteiger partial charge in [-0.25, -0.2) is 8.42 Å². The monoisotopic (exact) mass is 305 g/mol. The van der Waals surface area contributed by atoms with Crippen LogP contribution in [0.3, 0.4) is 0 Å². The van der Waals surface area contributed by atoms with Crippen molar-refractivity contribution >= 4 is 15.7 Å². The van der Waals surface area contributed by atoms with Gasteiger partial charge in [0, 0.05) is 17.9 Å². The maximum Gasteiger partial charge on any atom is 0.243 e. The number of sulfonamides is 1. The van der Waals surface area contributed by atoms with Crippen molar-refractivity contribution in [2.75, 3.05) is 5.73 Å². The van der Waals surface area contributed by atoms with Gasteiger partial charge in [0.1, 0.15) is 0 Å². The van der Waals surface area contributed by atoms with E-state index >= 15 is 0 Å². The molecule has 0 aliphatic carbocycles. The summed E-state index contributed by atoms with van der Waals surface area (Å²) < 4.78 is 27.0. The predicted octanol–water partition coefficient (Wildman–Crippen LogP) is 2.26. The summed E-state index contributed by atoms with van der Waals surface area (Å²) in [5.74, 6) is 0. The van der Waals surface area contributed by atoms with Gasteiger partial charge in [0.15, 0.2) is 0 Å². The third kappa shape index (κ3) is 3.59. The summed E-state index contributed by atoms with van der Waals surface area (Å²) >= 11 is 0. The summed E-state index contributed by atoms with van der Waals surface area (Å²) in [4.78, 5) is 4.40. The molecule has 2 rings (SSSR count). The van der Waals surface area contributed by atoms with Gasteiger partial charge in [-0.3, -0.25) is 4.98 Å². The lowest BCUT2D eigenvalue weighted by molar-refractivity contribution is 0.344. The molecule has 112 valence electrons. The van der Waals surface area contributed by atoms with Crippen molar-refractivity contribution in [3.8, 4) is 0 Å². The first-order valence-electron chi connectivity index (χ1n) is 6.68. The Morgan fingerprint density at radius 1 is 1.19 bits per heavy atom. The highest BCUT2D eigenvalue weighted by Crippen LogP contribution is 2.21. The van der Waals surface area contributed by atoms with Crippen LogP contribution in [0.2, 0.25) is 0 Å². The maximum absolute atomic E-state index is 12.8. The first-order chi connectivity index (χ1) is 9.91. The molecular formula is C15H19N3O2S. The van der Waals surface area contributed by atoms with Gasteiger partial charge in [-0.2, -0.15) is 4.31 Å². The third-order valence-corrected chi connectivity index (χ3v) is 5.10. The number of rotatable bonds is 5. The van der Waals surface area contributed by atoms with E-state index in [9.17, 15) is 8.42 Å². The van der Waals surface area contributed by atoms with Crippen LogP contribution in [0.1, 0.15) is 19.5 Å². The van der Waals surface area contributed by atoms with Crippen LogP contribution in [0.25, 0.3) is 0 Å². The Bertz CT molecular complexity index is 700. The van der Waals surface area contributed by atoms with E-state index in [0.29, 0.717) is 11.4 Å². The number of pyridine rings is 1. The Kier molecular flexibility index (Phi) is 4.59. The van der Waals surface area contributed by atoms with Crippen molar-refractivity contribution in [3.63, 3.8) is 0 Å². The minimum absolute atomic E-state index is 0.182. The van der Waals surface area contributed by atoms with E-state index in [1.54, 1.807) is 30.5 Å². The summed E-state index contributed by atoms with van der Waals surface area (Å²) in [6.07, 6.45) is 1.65. The van der Waals surface area contributed by atoms with Gasteiger partial charge in [-0.05, 0) is 44.2 Å². The smallest absolute Gasteiger partial charge is 0.243 e. The summed E-state index contributed by atoms with van der Waals surface area (Å²) in [5, 5.41) is 0. The zero-order valence-corrected chi connectivity index (χ0v) is 12.9. The molecule has 0 aliphatic rings. The third-order valence-electron chi connectivity index (χ3n) is 3.08. The fourth-order valence-corrected chi connectivity index (χ4v) is 3.67. The normalized spacial score (nSPS) is 12.0. The average molecular weight is 305 g/mol. The number of aromatic nitrogens is 1. The van der Waals surface area contributed by atoms with Crippen molar-refractivity contribution in [3.05, 3.63) is 54.4 Å². The molecule has 21 heavy (non-hydrogen) atoms. The quantitative estimate of drug-likeness (QED) is 0.860. The molecule has 0 unspecified atom stereocenters. The van der Waals surface area contributed by atoms with Gasteiger partial charge in [0.05, 0.1) is 17.1 Å². The SMILES string of the molecule is CC(C)N(Cc1ccccn1)S(=O)(=O)c1cccc(N)c1. The van der Waals surface area contributed by atoms with Crippen LogP contribution in [0.5, 0.6) is 0 Å². The zero-order valence-electron chi connectivity index (χ0n) is 12.1. The summed E-state index contributed by atoms with van der Waals surface area (Å²) in [6, 6.07) is 11.6. The minimum Gasteiger partial charge on any atom is -0.399 e. The lowest BCUT2D eigenvalue weighted by Crippen LogP contribution is -2.36. The fourth-order valence-electron chi connectivity index (χ4n) is 2.01. The second kappa shape index (κ2) is 6.24. The Morgan fingerprint density at radius 2 is 1.95 bits per heavy atom. The van der Waals surface area contributed by atoms with Crippen molar-refractivity contribution in [1.82, 2.24) is 9.29 Å². The highest BCUT2D eigenvalue weighted by atomic mass is 32.2. The number of hydrogen-bond acceptors (Lipinski definition) is 4. The molecule has 5 nitrogen and oxygen atoms in total. The van der Waals surface area contributed by atoms with E-state index in [-0.39, 0.29) is 17.5 Å². The summed E-state index contributed by atoms with van der Waals surface area (Å²) in [6.45, 7) is 3.91. The highest BCUT2D eigenvalue weighted by molar-refractivity contribution is 7.89. The molecule has 1 aromatic heterocycles. The molecule has 0 spiro atoms. The molecule has 2 aromatic rings. The predicted molar refractivity (Wildman–Crippen MR) is 83.0 cm³/mol. The molecule has 1 heterocycles. The van der Waals surface area contributed by atoms with E-state index in [2.05, 4.69) is 4.98 Å². The van der Waals surface area contributed by atoms with Gasteiger partial charge in [-0.1, -0.05) is 12.1 Å². The Morgan fingerprint density at radius 3 is 2.52 bits per heavy atom. The van der Waals surface area contributed by atoms with Crippen LogP contribution in [-0.2, 0) is 16.6 Å². The molecule has 0 saturated carbocycles. The number of nitrogen functional groups attached to an aromatic ring is 1. The number of hydrogen-bond donors (Lipinski definition) is 1. The van der Waals surface area contributed by atoms with E-state index in [1.807, 2.05) is 26.0 Å². The molecule has 1 aromatic carbocycles. The summed E-state index contributed by atoms with van der Waals surface area (Å²) in [7, 11) is -3.61. The van der Waals surface area contributed by atoms with Crippen LogP contribution < -0.4 is 5.73 Å². The van der Waals surface area contributed by atoms with Crippen LogP contribution in [0.4, 0.5) is 5.69 Å². The minimum atomic E-state index is -3.61. The number of nitrogens with two attached hydrogens (primary N) is 1. The average Bonchev–Trinajstić information content (AvgIpc) is 2.45. The lowest BCUT2D eigenvalue weighted by Gasteiger charge is -2.25. The number of anilines is 1. The molecule has 0 amide bonds. The lowest BCUT2D eigenvalue weighted by atomic mass is 10.3. The molecular weight excluding hydrogens is 286 g/mol. The van der Waals surface area contributed by atoms with Gasteiger partial charge >= 0.3 is 0 Å². The number of benzene rings is 1. The van der Waals surface area contributed by atoms with Crippen molar-refractivity contribution < 1.29 is 8.42 Å². The molecule has 0 aliphatic heterocycles. The van der Waals surface area contributed by atoms with E-state index in [4.69, 9.17) is 5.73 Å². The number of nitrogens with zero attached hydrogens (tertiary/aromatic N) is 2. The molecule has 0 bridgehead atoms. The van der Waals surface area contributed by atoms with Crippen molar-refractivity contribution in [2.24, 2.45) is 0 Å². The molecule has 0 radical (unpaired) electrons. The Labute approximate surface area is 125 Å². The zero-order chi connectivity index (χ0) is 15.5. The van der Waals surface area contributed by atoms with Gasteiger partial charge in [0.2, 0.25) is 10.0 Å². The maximum atomic E-state index is 12.8. The van der Waals surface area contributed by atoms with Crippen LogP contribution >= 0.6 is 0 Å². The van der Waals surface area contributed by atoms with Crippen molar-refractivity contribution in [1.29, 1.82) is 0 Å². The van der Waals surface area contributed by atoms with Gasteiger partial charge in [0.25, 0.3) is 0 Å². The largest absolute Gasteiger partial charge is 0.399 e. The second-order valence-corrected chi connectivity index (χ2v) is 6.93. The molecule has 0 saturated heterocycles. The second-order valence-electron chi connectivity index (χ2n) is 5.04. The highest BCUT2D eigenvalue weighted by Gasteiger charge is 2.27. The Balaban J connectivity index is 2.37. The van der Waals surface area contributed by atoms with Crippen molar-refractivity contribution in [2.45, 2.75) is 31.3 Å². The van der Waals surface area contributed by atoms with Gasteiger partial charge < -0.3 is 5.73 Å². The van der Waals surface area contributed by atoms with E-state index in [1.165, 1.54) is 10.4 Å². The van der Waals surface area contributed by atoms with Crippen LogP contribution in [0.15, 0.2) is 53.6 Å².